The molecule has 1 aliphatic carbocycles. The molecule has 14 heteroatoms. The van der Waals surface area contributed by atoms with E-state index in [1.165, 1.54) is 27.8 Å². The molecule has 0 bridgehead atoms. The molecule has 7 rings (SSSR count). The first-order valence-electron chi connectivity index (χ1n) is 19.6. The number of esters is 1. The molecule has 1 atom stereocenters. The van der Waals surface area contributed by atoms with E-state index >= 15 is 4.39 Å². The molecule has 2 aliphatic heterocycles. The number of unbranched alkanes of at least 4 members (excludes halogenated alkanes) is 1. The summed E-state index contributed by atoms with van der Waals surface area (Å²) in [7, 11) is 0. The zero-order chi connectivity index (χ0) is 38.6. The molecule has 55 heavy (non-hydrogen) atoms. The van der Waals surface area contributed by atoms with Gasteiger partial charge in [0.15, 0.2) is 0 Å². The van der Waals surface area contributed by atoms with Crippen LogP contribution in [0.4, 0.5) is 21.6 Å². The summed E-state index contributed by atoms with van der Waals surface area (Å²) < 4.78 is 29.9. The number of morpholine rings is 1. The van der Waals surface area contributed by atoms with E-state index < -0.39 is 22.9 Å². The summed E-state index contributed by atoms with van der Waals surface area (Å²) in [5.41, 5.74) is 2.90. The molecule has 1 saturated carbocycles. The Labute approximate surface area is 319 Å². The normalized spacial score (nSPS) is 18.2. The van der Waals surface area contributed by atoms with Crippen LogP contribution in [0.15, 0.2) is 57.0 Å². The van der Waals surface area contributed by atoms with Crippen molar-refractivity contribution in [3.05, 3.63) is 96.2 Å². The SMILES string of the molecule is CCc1cc(Nc2cc(=O)n(CCCCN3CCN(c4cc5c(cc4F)c(=O)c(C(=O)OCCN4CCOCC4)cn5C4CC4)C[C@@H]3C)c(=O)[nH]2)ccc1C. The molecule has 2 aromatic heterocycles. The van der Waals surface area contributed by atoms with Gasteiger partial charge in [-0.15, -0.1) is 0 Å². The molecule has 13 nitrogen and oxygen atoms in total. The second-order valence-electron chi connectivity index (χ2n) is 15.1. The van der Waals surface area contributed by atoms with Crippen LogP contribution in [0.5, 0.6) is 0 Å². The van der Waals surface area contributed by atoms with Crippen molar-refractivity contribution in [1.82, 2.24) is 23.9 Å². The van der Waals surface area contributed by atoms with Crippen LogP contribution in [0, 0.1) is 12.7 Å². The van der Waals surface area contributed by atoms with Gasteiger partial charge in [0, 0.05) is 81.2 Å². The van der Waals surface area contributed by atoms with Gasteiger partial charge in [0.1, 0.15) is 23.8 Å². The van der Waals surface area contributed by atoms with Crippen molar-refractivity contribution in [3.63, 3.8) is 0 Å². The van der Waals surface area contributed by atoms with E-state index in [9.17, 15) is 19.2 Å². The molecule has 3 aliphatic rings. The highest BCUT2D eigenvalue weighted by Crippen LogP contribution is 2.38. The number of aryl methyl sites for hydroxylation is 2. The van der Waals surface area contributed by atoms with Gasteiger partial charge in [-0.05, 0) is 87.9 Å². The predicted octanol–water partition coefficient (Wildman–Crippen LogP) is 4.42. The van der Waals surface area contributed by atoms with Gasteiger partial charge in [-0.25, -0.2) is 14.0 Å². The third kappa shape index (κ3) is 8.87. The summed E-state index contributed by atoms with van der Waals surface area (Å²) in [5, 5.41) is 3.34. The molecule has 2 aromatic carbocycles. The smallest absolute Gasteiger partial charge is 0.343 e. The van der Waals surface area contributed by atoms with Crippen LogP contribution in [-0.2, 0) is 22.4 Å². The summed E-state index contributed by atoms with van der Waals surface area (Å²) in [6, 6.07) is 10.7. The van der Waals surface area contributed by atoms with Crippen molar-refractivity contribution in [3.8, 4) is 0 Å². The first kappa shape index (κ1) is 38.5. The fourth-order valence-corrected chi connectivity index (χ4v) is 7.79. The lowest BCUT2D eigenvalue weighted by Gasteiger charge is -2.41. The molecule has 2 saturated heterocycles. The molecule has 3 fully saturated rings. The van der Waals surface area contributed by atoms with Gasteiger partial charge in [-0.2, -0.15) is 0 Å². The van der Waals surface area contributed by atoms with Crippen LogP contribution in [-0.4, -0.2) is 102 Å². The van der Waals surface area contributed by atoms with Crippen molar-refractivity contribution < 1.29 is 18.7 Å². The maximum atomic E-state index is 15.9. The maximum absolute atomic E-state index is 15.9. The van der Waals surface area contributed by atoms with E-state index in [1.807, 2.05) is 27.7 Å². The van der Waals surface area contributed by atoms with Crippen LogP contribution in [0.1, 0.15) is 67.1 Å². The lowest BCUT2D eigenvalue weighted by Crippen LogP contribution is -2.52. The quantitative estimate of drug-likeness (QED) is 0.141. The van der Waals surface area contributed by atoms with Crippen LogP contribution in [0.25, 0.3) is 10.9 Å². The molecule has 2 N–H and O–H groups in total. The highest BCUT2D eigenvalue weighted by molar-refractivity contribution is 5.94. The van der Waals surface area contributed by atoms with Crippen LogP contribution in [0.3, 0.4) is 0 Å². The number of hydrogen-bond donors (Lipinski definition) is 2. The zero-order valence-electron chi connectivity index (χ0n) is 32.1. The number of benzene rings is 2. The first-order chi connectivity index (χ1) is 26.6. The second kappa shape index (κ2) is 16.9. The van der Waals surface area contributed by atoms with Gasteiger partial charge in [-0.3, -0.25) is 28.9 Å². The Hall–Kier alpha value is -4.79. The Kier molecular flexibility index (Phi) is 11.8. The molecule has 0 radical (unpaired) electrons. The minimum Gasteiger partial charge on any atom is -0.461 e. The molecular formula is C41H52FN7O6. The number of H-pyrrole nitrogens is 1. The number of pyridine rings is 1. The zero-order valence-corrected chi connectivity index (χ0v) is 32.1. The first-order valence-corrected chi connectivity index (χ1v) is 19.6. The van der Waals surface area contributed by atoms with Gasteiger partial charge in [0.05, 0.1) is 24.4 Å². The molecule has 4 aromatic rings. The number of piperazine rings is 1. The third-order valence-electron chi connectivity index (χ3n) is 11.2. The molecule has 4 heterocycles. The second-order valence-corrected chi connectivity index (χ2v) is 15.1. The van der Waals surface area contributed by atoms with Crippen LogP contribution in [0.2, 0.25) is 0 Å². The minimum atomic E-state index is -0.683. The maximum Gasteiger partial charge on any atom is 0.343 e. The largest absolute Gasteiger partial charge is 0.461 e. The van der Waals surface area contributed by atoms with E-state index in [0.29, 0.717) is 69.4 Å². The topological polar surface area (TPSA) is 134 Å². The number of aromatic amines is 1. The fraction of sp³-hybridized carbons (Fsp3) is 0.512. The highest BCUT2D eigenvalue weighted by atomic mass is 19.1. The average Bonchev–Trinajstić information content (AvgIpc) is 4.02. The van der Waals surface area contributed by atoms with Crippen molar-refractivity contribution >= 4 is 34.1 Å². The number of hydrogen-bond acceptors (Lipinski definition) is 10. The molecular weight excluding hydrogens is 705 g/mol. The highest BCUT2D eigenvalue weighted by Gasteiger charge is 2.30. The Morgan fingerprint density at radius 1 is 1.00 bits per heavy atom. The summed E-state index contributed by atoms with van der Waals surface area (Å²) in [4.78, 5) is 61.7. The summed E-state index contributed by atoms with van der Waals surface area (Å²) >= 11 is 0. The lowest BCUT2D eigenvalue weighted by molar-refractivity contribution is 0.0195. The van der Waals surface area contributed by atoms with E-state index in [-0.39, 0.29) is 35.2 Å². The Balaban J connectivity index is 0.949. The summed E-state index contributed by atoms with van der Waals surface area (Å²) in [5.74, 6) is -0.813. The Bertz CT molecular complexity index is 2180. The third-order valence-corrected chi connectivity index (χ3v) is 11.2. The number of carbonyl (C=O) groups excluding carboxylic acids is 1. The molecule has 294 valence electrons. The van der Waals surface area contributed by atoms with Gasteiger partial charge in [-0.1, -0.05) is 13.0 Å². The Morgan fingerprint density at radius 2 is 1.78 bits per heavy atom. The monoisotopic (exact) mass is 757 g/mol. The number of anilines is 3. The number of nitrogens with one attached hydrogen (secondary N) is 2. The number of fused-ring (bicyclic) bond motifs is 1. The van der Waals surface area contributed by atoms with Gasteiger partial charge in [0.25, 0.3) is 5.56 Å². The van der Waals surface area contributed by atoms with Gasteiger partial charge < -0.3 is 24.3 Å². The average molecular weight is 758 g/mol. The minimum absolute atomic E-state index is 0.0668. The van der Waals surface area contributed by atoms with Crippen LogP contribution >= 0.6 is 0 Å². The van der Waals surface area contributed by atoms with Gasteiger partial charge in [0.2, 0.25) is 5.43 Å². The number of ether oxygens (including phenoxy) is 2. The summed E-state index contributed by atoms with van der Waals surface area (Å²) in [6.45, 7) is 12.8. The number of aromatic nitrogens is 3. The number of halogens is 1. The predicted molar refractivity (Wildman–Crippen MR) is 212 cm³/mol. The lowest BCUT2D eigenvalue weighted by atomic mass is 10.1. The van der Waals surface area contributed by atoms with Crippen molar-refractivity contribution in [2.24, 2.45) is 0 Å². The summed E-state index contributed by atoms with van der Waals surface area (Å²) in [6.07, 6.45) is 5.77. The van der Waals surface area contributed by atoms with E-state index in [1.54, 1.807) is 12.3 Å². The fourth-order valence-electron chi connectivity index (χ4n) is 7.79. The molecule has 0 spiro atoms. The van der Waals surface area contributed by atoms with E-state index in [2.05, 4.69) is 40.9 Å². The van der Waals surface area contributed by atoms with Crippen LogP contribution < -0.4 is 26.9 Å². The molecule has 0 unspecified atom stereocenters. The van der Waals surface area contributed by atoms with E-state index in [4.69, 9.17) is 9.47 Å². The molecule has 0 amide bonds. The van der Waals surface area contributed by atoms with Crippen molar-refractivity contribution in [1.29, 1.82) is 0 Å². The standard InChI is InChI=1S/C41H52FN7O6/c1-4-29-21-30(8-7-27(29)2)43-37-24-38(50)48(41(53)44-37)12-6-5-11-46-13-14-47(25-28(46)3)36-23-35-32(22-34(36)42)39(51)33(26-49(35)31-9-10-31)40(52)55-20-17-45-15-18-54-19-16-45/h7-8,21-24,26,28,31,43H,4-6,9-20,25H2,1-3H3,(H,44,53)/t28-/m0/s1. The van der Waals surface area contributed by atoms with Crippen molar-refractivity contribution in [2.75, 3.05) is 75.9 Å². The van der Waals surface area contributed by atoms with Gasteiger partial charge >= 0.3 is 11.7 Å². The van der Waals surface area contributed by atoms with Crippen molar-refractivity contribution in [2.45, 2.75) is 71.5 Å². The number of carbonyl (C=O) groups is 1. The van der Waals surface area contributed by atoms with E-state index in [0.717, 1.165) is 51.0 Å². The number of rotatable bonds is 14. The Morgan fingerprint density at radius 3 is 2.51 bits per heavy atom. The number of nitrogens with zero attached hydrogens (tertiary/aromatic N) is 5.